The van der Waals surface area contributed by atoms with E-state index in [1.54, 1.807) is 12.1 Å². The molecule has 2 fully saturated rings. The van der Waals surface area contributed by atoms with Gasteiger partial charge in [-0.3, -0.25) is 4.79 Å². The first-order valence-electron chi connectivity index (χ1n) is 10.5. The molecular weight excluding hydrogens is 439 g/mol. The molecule has 2 aromatic rings. The molecule has 2 aliphatic heterocycles. The average molecular weight is 464 g/mol. The predicted octanol–water partition coefficient (Wildman–Crippen LogP) is 4.64. The van der Waals surface area contributed by atoms with Gasteiger partial charge in [-0.1, -0.05) is 6.07 Å². The highest BCUT2D eigenvalue weighted by atomic mass is 32.1. The number of piperidine rings is 1. The van der Waals surface area contributed by atoms with E-state index < -0.39 is 11.7 Å². The number of anilines is 1. The van der Waals surface area contributed by atoms with Crippen LogP contribution in [0.3, 0.4) is 0 Å². The first kappa shape index (κ1) is 22.6. The predicted molar refractivity (Wildman–Crippen MR) is 116 cm³/mol. The van der Waals surface area contributed by atoms with Crippen LogP contribution in [0.15, 0.2) is 35.7 Å². The Bertz CT molecular complexity index is 1020. The molecule has 0 radical (unpaired) electrons. The van der Waals surface area contributed by atoms with E-state index in [4.69, 9.17) is 10.00 Å². The minimum absolute atomic E-state index is 0.00879. The number of nitrogens with zero attached hydrogens (tertiary/aromatic N) is 3. The molecule has 0 saturated carbocycles. The SMILES string of the molecule is CCOC[C@]12CN(C(=O)c3cccs3)CC[C@H]1CN(c1ccc(C#N)c(C(F)(F)F)c1)C2. The van der Waals surface area contributed by atoms with Gasteiger partial charge in [0.05, 0.1) is 28.7 Å². The Balaban J connectivity index is 1.61. The van der Waals surface area contributed by atoms with E-state index in [2.05, 4.69) is 0 Å². The Morgan fingerprint density at radius 1 is 1.34 bits per heavy atom. The maximum absolute atomic E-state index is 13.5. The fraction of sp³-hybridized carbons (Fsp3) is 0.478. The third-order valence-electron chi connectivity index (χ3n) is 6.47. The molecule has 32 heavy (non-hydrogen) atoms. The van der Waals surface area contributed by atoms with Gasteiger partial charge in [0.15, 0.2) is 0 Å². The Labute approximate surface area is 189 Å². The molecule has 4 rings (SSSR count). The smallest absolute Gasteiger partial charge is 0.381 e. The maximum atomic E-state index is 13.5. The molecule has 2 atom stereocenters. The quantitative estimate of drug-likeness (QED) is 0.648. The maximum Gasteiger partial charge on any atom is 0.417 e. The van der Waals surface area contributed by atoms with Crippen molar-refractivity contribution in [2.24, 2.45) is 11.3 Å². The second-order valence-corrected chi connectivity index (χ2v) is 9.36. The fourth-order valence-electron chi connectivity index (χ4n) is 4.88. The van der Waals surface area contributed by atoms with Crippen molar-refractivity contribution in [1.82, 2.24) is 4.90 Å². The van der Waals surface area contributed by atoms with Crippen molar-refractivity contribution in [3.8, 4) is 6.07 Å². The summed E-state index contributed by atoms with van der Waals surface area (Å²) in [7, 11) is 0. The highest BCUT2D eigenvalue weighted by Gasteiger charge is 2.51. The van der Waals surface area contributed by atoms with E-state index in [0.717, 1.165) is 12.5 Å². The largest absolute Gasteiger partial charge is 0.417 e. The molecule has 2 saturated heterocycles. The molecule has 0 N–H and O–H groups in total. The molecular formula is C23H24F3N3O2S. The van der Waals surface area contributed by atoms with Crippen LogP contribution in [0.4, 0.5) is 18.9 Å². The van der Waals surface area contributed by atoms with Gasteiger partial charge in [0.25, 0.3) is 5.91 Å². The highest BCUT2D eigenvalue weighted by molar-refractivity contribution is 7.12. The lowest BCUT2D eigenvalue weighted by atomic mass is 9.74. The zero-order chi connectivity index (χ0) is 22.9. The van der Waals surface area contributed by atoms with Gasteiger partial charge < -0.3 is 14.5 Å². The molecule has 0 bridgehead atoms. The second kappa shape index (κ2) is 8.75. The van der Waals surface area contributed by atoms with Gasteiger partial charge >= 0.3 is 6.18 Å². The third kappa shape index (κ3) is 4.21. The standard InChI is InChI=1S/C23H24F3N3O2S/c1-2-31-15-22-13-28(21(30)20-4-3-9-32-20)8-7-17(22)12-29(14-22)18-6-5-16(11-27)19(10-18)23(24,25)26/h3-6,9-10,17H,2,7-8,12-15H2,1H3/t17-,22+/m0/s1. The van der Waals surface area contributed by atoms with Crippen LogP contribution in [0.1, 0.15) is 34.1 Å². The van der Waals surface area contributed by atoms with E-state index in [0.29, 0.717) is 50.0 Å². The number of rotatable bonds is 5. The number of alkyl halides is 3. The van der Waals surface area contributed by atoms with Gasteiger partial charge in [-0.2, -0.15) is 18.4 Å². The van der Waals surface area contributed by atoms with Crippen LogP contribution in [-0.4, -0.2) is 50.2 Å². The van der Waals surface area contributed by atoms with Crippen molar-refractivity contribution in [2.75, 3.05) is 44.3 Å². The lowest BCUT2D eigenvalue weighted by Gasteiger charge is -2.43. The van der Waals surface area contributed by atoms with Gasteiger partial charge in [0.2, 0.25) is 0 Å². The van der Waals surface area contributed by atoms with Crippen molar-refractivity contribution in [2.45, 2.75) is 19.5 Å². The Morgan fingerprint density at radius 3 is 2.81 bits per heavy atom. The fourth-order valence-corrected chi connectivity index (χ4v) is 5.57. The molecule has 2 aliphatic rings. The van der Waals surface area contributed by atoms with E-state index in [1.165, 1.54) is 17.4 Å². The number of fused-ring (bicyclic) bond motifs is 1. The molecule has 1 aromatic carbocycles. The van der Waals surface area contributed by atoms with Gasteiger partial charge in [-0.25, -0.2) is 0 Å². The molecule has 1 aromatic heterocycles. The number of likely N-dealkylation sites (tertiary alicyclic amines) is 1. The van der Waals surface area contributed by atoms with Gasteiger partial charge in [0, 0.05) is 43.9 Å². The van der Waals surface area contributed by atoms with Crippen molar-refractivity contribution < 1.29 is 22.7 Å². The molecule has 0 unspecified atom stereocenters. The Hall–Kier alpha value is -2.57. The van der Waals surface area contributed by atoms with Gasteiger partial charge in [-0.05, 0) is 48.9 Å². The molecule has 170 valence electrons. The number of thiophene rings is 1. The number of hydrogen-bond acceptors (Lipinski definition) is 5. The zero-order valence-electron chi connectivity index (χ0n) is 17.7. The summed E-state index contributed by atoms with van der Waals surface area (Å²) in [4.78, 5) is 17.5. The Kier molecular flexibility index (Phi) is 6.19. The molecule has 0 aliphatic carbocycles. The summed E-state index contributed by atoms with van der Waals surface area (Å²) in [5.74, 6) is 0.192. The van der Waals surface area contributed by atoms with Gasteiger partial charge in [0.1, 0.15) is 0 Å². The highest BCUT2D eigenvalue weighted by Crippen LogP contribution is 2.45. The number of carbonyl (C=O) groups excluding carboxylic acids is 1. The van der Waals surface area contributed by atoms with Crippen molar-refractivity contribution in [3.05, 3.63) is 51.7 Å². The normalized spacial score (nSPS) is 23.2. The molecule has 3 heterocycles. The lowest BCUT2D eigenvalue weighted by molar-refractivity contribution is -0.137. The summed E-state index contributed by atoms with van der Waals surface area (Å²) >= 11 is 1.41. The number of hydrogen-bond donors (Lipinski definition) is 0. The topological polar surface area (TPSA) is 56.6 Å². The van der Waals surface area contributed by atoms with Crippen LogP contribution in [0, 0.1) is 22.7 Å². The summed E-state index contributed by atoms with van der Waals surface area (Å²) in [6.07, 6.45) is -3.83. The van der Waals surface area contributed by atoms with Crippen LogP contribution in [0.2, 0.25) is 0 Å². The number of halogens is 3. The summed E-state index contributed by atoms with van der Waals surface area (Å²) in [5, 5.41) is 11.0. The first-order valence-corrected chi connectivity index (χ1v) is 11.4. The van der Waals surface area contributed by atoms with E-state index in [1.807, 2.05) is 34.2 Å². The zero-order valence-corrected chi connectivity index (χ0v) is 18.5. The monoisotopic (exact) mass is 463 g/mol. The van der Waals surface area contributed by atoms with E-state index in [9.17, 15) is 18.0 Å². The van der Waals surface area contributed by atoms with Crippen molar-refractivity contribution in [3.63, 3.8) is 0 Å². The van der Waals surface area contributed by atoms with Crippen LogP contribution >= 0.6 is 11.3 Å². The van der Waals surface area contributed by atoms with Crippen LogP contribution in [-0.2, 0) is 10.9 Å². The van der Waals surface area contributed by atoms with Crippen LogP contribution in [0.25, 0.3) is 0 Å². The van der Waals surface area contributed by atoms with Crippen LogP contribution < -0.4 is 4.90 Å². The van der Waals surface area contributed by atoms with Crippen molar-refractivity contribution >= 4 is 22.9 Å². The molecule has 1 amide bonds. The minimum atomic E-state index is -4.60. The van der Waals surface area contributed by atoms with Crippen LogP contribution in [0.5, 0.6) is 0 Å². The molecule has 9 heteroatoms. The number of nitriles is 1. The molecule has 5 nitrogen and oxygen atoms in total. The van der Waals surface area contributed by atoms with E-state index in [-0.39, 0.29) is 22.8 Å². The molecule has 0 spiro atoms. The van der Waals surface area contributed by atoms with Crippen molar-refractivity contribution in [1.29, 1.82) is 5.26 Å². The van der Waals surface area contributed by atoms with E-state index >= 15 is 0 Å². The third-order valence-corrected chi connectivity index (χ3v) is 7.33. The second-order valence-electron chi connectivity index (χ2n) is 8.41. The first-order chi connectivity index (χ1) is 15.3. The summed E-state index contributed by atoms with van der Waals surface area (Å²) in [6.45, 7) is 5.10. The Morgan fingerprint density at radius 2 is 2.16 bits per heavy atom. The average Bonchev–Trinajstić information content (AvgIpc) is 3.44. The summed E-state index contributed by atoms with van der Waals surface area (Å²) in [5.41, 5.74) is -1.21. The van der Waals surface area contributed by atoms with Gasteiger partial charge in [-0.15, -0.1) is 11.3 Å². The number of carbonyl (C=O) groups is 1. The summed E-state index contributed by atoms with van der Waals surface area (Å²) in [6, 6.07) is 9.18. The number of benzene rings is 1. The summed E-state index contributed by atoms with van der Waals surface area (Å²) < 4.78 is 46.3. The lowest BCUT2D eigenvalue weighted by Crippen LogP contribution is -2.53. The number of ether oxygens (including phenoxy) is 1. The number of amides is 1. The minimum Gasteiger partial charge on any atom is -0.381 e.